The van der Waals surface area contributed by atoms with Crippen LogP contribution in [0.15, 0.2) is 18.2 Å². The molecule has 1 aromatic carbocycles. The Kier molecular flexibility index (Phi) is 3.48. The Hall–Kier alpha value is -1.09. The Labute approximate surface area is 114 Å². The number of hydrogen-bond donors (Lipinski definition) is 1. The van der Waals surface area contributed by atoms with Gasteiger partial charge in [-0.1, -0.05) is 18.9 Å². The monoisotopic (exact) mass is 263 g/mol. The third-order valence-electron chi connectivity index (χ3n) is 4.77. The quantitative estimate of drug-likeness (QED) is 0.880. The number of hydrogen-bond acceptors (Lipinski definition) is 2. The van der Waals surface area contributed by atoms with Gasteiger partial charge in [0.25, 0.3) is 0 Å². The van der Waals surface area contributed by atoms with Gasteiger partial charge in [0, 0.05) is 23.8 Å². The lowest BCUT2D eigenvalue weighted by atomic mass is 9.85. The van der Waals surface area contributed by atoms with Crippen LogP contribution in [0.5, 0.6) is 0 Å². The van der Waals surface area contributed by atoms with Crippen molar-refractivity contribution in [3.05, 3.63) is 29.6 Å². The minimum Gasteiger partial charge on any atom is -0.389 e. The number of halogens is 1. The van der Waals surface area contributed by atoms with E-state index in [1.807, 2.05) is 6.07 Å². The van der Waals surface area contributed by atoms with E-state index in [1.165, 1.54) is 38.2 Å². The number of fused-ring (bicyclic) bond motifs is 1. The van der Waals surface area contributed by atoms with E-state index in [1.54, 1.807) is 13.0 Å². The Morgan fingerprint density at radius 1 is 1.26 bits per heavy atom. The summed E-state index contributed by atoms with van der Waals surface area (Å²) in [4.78, 5) is 2.34. The Bertz CT molecular complexity index is 460. The lowest BCUT2D eigenvalue weighted by molar-refractivity contribution is 0.194. The Balaban J connectivity index is 1.96. The van der Waals surface area contributed by atoms with Crippen LogP contribution in [0.25, 0.3) is 0 Å². The van der Waals surface area contributed by atoms with Crippen LogP contribution in [-0.4, -0.2) is 17.7 Å². The zero-order valence-corrected chi connectivity index (χ0v) is 11.5. The van der Waals surface area contributed by atoms with Gasteiger partial charge in [-0.05, 0) is 44.2 Å². The highest BCUT2D eigenvalue weighted by atomic mass is 19.1. The van der Waals surface area contributed by atoms with Gasteiger partial charge >= 0.3 is 0 Å². The van der Waals surface area contributed by atoms with Crippen LogP contribution < -0.4 is 4.90 Å². The fourth-order valence-corrected chi connectivity index (χ4v) is 3.89. The van der Waals surface area contributed by atoms with Crippen molar-refractivity contribution in [1.82, 2.24) is 0 Å². The first-order valence-electron chi connectivity index (χ1n) is 7.41. The topological polar surface area (TPSA) is 23.5 Å². The van der Waals surface area contributed by atoms with Crippen molar-refractivity contribution in [2.24, 2.45) is 5.92 Å². The lowest BCUT2D eigenvalue weighted by Gasteiger charge is -2.34. The molecule has 0 radical (unpaired) electrons. The maximum Gasteiger partial charge on any atom is 0.131 e. The van der Waals surface area contributed by atoms with E-state index in [0.717, 1.165) is 18.2 Å². The molecule has 1 heterocycles. The standard InChI is InChI=1S/C16H22FNO/c1-11(19)16-13(17)6-4-8-15(16)18-10-9-12-5-2-3-7-14(12)18/h4,6,8,11-12,14,19H,2-3,5,7,9-10H2,1H3. The van der Waals surface area contributed by atoms with Crippen molar-refractivity contribution in [3.8, 4) is 0 Å². The molecule has 0 amide bonds. The first-order chi connectivity index (χ1) is 9.18. The summed E-state index contributed by atoms with van der Waals surface area (Å²) in [5, 5.41) is 9.88. The number of nitrogens with zero attached hydrogens (tertiary/aromatic N) is 1. The van der Waals surface area contributed by atoms with Gasteiger partial charge in [-0.25, -0.2) is 4.39 Å². The maximum atomic E-state index is 14.0. The molecule has 1 N–H and O–H groups in total. The number of aliphatic hydroxyl groups excluding tert-OH is 1. The number of anilines is 1. The van der Waals surface area contributed by atoms with Crippen molar-refractivity contribution in [3.63, 3.8) is 0 Å². The molecule has 0 bridgehead atoms. The highest BCUT2D eigenvalue weighted by molar-refractivity contribution is 5.57. The minimum atomic E-state index is -0.751. The normalized spacial score (nSPS) is 28.3. The van der Waals surface area contributed by atoms with Crippen LogP contribution >= 0.6 is 0 Å². The van der Waals surface area contributed by atoms with Crippen LogP contribution in [0.3, 0.4) is 0 Å². The van der Waals surface area contributed by atoms with Gasteiger partial charge in [0.15, 0.2) is 0 Å². The molecule has 1 saturated heterocycles. The molecule has 3 heteroatoms. The zero-order chi connectivity index (χ0) is 13.4. The Morgan fingerprint density at radius 2 is 2.05 bits per heavy atom. The van der Waals surface area contributed by atoms with Crippen LogP contribution in [0.4, 0.5) is 10.1 Å². The molecule has 3 rings (SSSR count). The predicted octanol–water partition coefficient (Wildman–Crippen LogP) is 3.65. The molecule has 0 aromatic heterocycles. The third-order valence-corrected chi connectivity index (χ3v) is 4.77. The van der Waals surface area contributed by atoms with Gasteiger partial charge in [-0.15, -0.1) is 0 Å². The fraction of sp³-hybridized carbons (Fsp3) is 0.625. The van der Waals surface area contributed by atoms with E-state index < -0.39 is 6.10 Å². The molecule has 1 aliphatic heterocycles. The van der Waals surface area contributed by atoms with E-state index in [-0.39, 0.29) is 5.82 Å². The molecule has 3 atom stereocenters. The van der Waals surface area contributed by atoms with Crippen molar-refractivity contribution in [1.29, 1.82) is 0 Å². The van der Waals surface area contributed by atoms with E-state index in [2.05, 4.69) is 4.90 Å². The molecule has 104 valence electrons. The maximum absolute atomic E-state index is 14.0. The van der Waals surface area contributed by atoms with E-state index in [0.29, 0.717) is 11.6 Å². The second kappa shape index (κ2) is 5.12. The van der Waals surface area contributed by atoms with Gasteiger partial charge in [0.05, 0.1) is 6.10 Å². The average molecular weight is 263 g/mol. The first kappa shape index (κ1) is 12.9. The summed E-state index contributed by atoms with van der Waals surface area (Å²) in [6.45, 7) is 2.65. The fourth-order valence-electron chi connectivity index (χ4n) is 3.89. The smallest absolute Gasteiger partial charge is 0.131 e. The molecule has 3 unspecified atom stereocenters. The average Bonchev–Trinajstić information content (AvgIpc) is 2.81. The number of benzene rings is 1. The van der Waals surface area contributed by atoms with Crippen LogP contribution in [0, 0.1) is 11.7 Å². The van der Waals surface area contributed by atoms with Gasteiger partial charge in [0.1, 0.15) is 5.82 Å². The van der Waals surface area contributed by atoms with Gasteiger partial charge in [-0.2, -0.15) is 0 Å². The SMILES string of the molecule is CC(O)c1c(F)cccc1N1CCC2CCCCC21. The summed E-state index contributed by atoms with van der Waals surface area (Å²) in [5.74, 6) is 0.477. The number of aliphatic hydroxyl groups is 1. The van der Waals surface area contributed by atoms with Crippen molar-refractivity contribution in [2.45, 2.75) is 51.2 Å². The van der Waals surface area contributed by atoms with Crippen molar-refractivity contribution >= 4 is 5.69 Å². The molecule has 1 aromatic rings. The lowest BCUT2D eigenvalue weighted by Crippen LogP contribution is -2.35. The second-order valence-electron chi connectivity index (χ2n) is 5.94. The molecule has 1 aliphatic carbocycles. The molecule has 0 spiro atoms. The molecular weight excluding hydrogens is 241 g/mol. The summed E-state index contributed by atoms with van der Waals surface area (Å²) in [7, 11) is 0. The third kappa shape index (κ3) is 2.25. The first-order valence-corrected chi connectivity index (χ1v) is 7.41. The van der Waals surface area contributed by atoms with Crippen LogP contribution in [-0.2, 0) is 0 Å². The molecule has 2 fully saturated rings. The summed E-state index contributed by atoms with van der Waals surface area (Å²) < 4.78 is 14.0. The molecule has 2 aliphatic rings. The zero-order valence-electron chi connectivity index (χ0n) is 11.5. The molecule has 19 heavy (non-hydrogen) atoms. The molecule has 1 saturated carbocycles. The molecular formula is C16H22FNO. The van der Waals surface area contributed by atoms with E-state index >= 15 is 0 Å². The minimum absolute atomic E-state index is 0.285. The summed E-state index contributed by atoms with van der Waals surface area (Å²) >= 11 is 0. The van der Waals surface area contributed by atoms with Gasteiger partial charge in [0.2, 0.25) is 0 Å². The second-order valence-corrected chi connectivity index (χ2v) is 5.94. The predicted molar refractivity (Wildman–Crippen MR) is 74.7 cm³/mol. The van der Waals surface area contributed by atoms with Crippen LogP contribution in [0.1, 0.15) is 50.7 Å². The van der Waals surface area contributed by atoms with Crippen molar-refractivity contribution < 1.29 is 9.50 Å². The highest BCUT2D eigenvalue weighted by Gasteiger charge is 2.37. The number of rotatable bonds is 2. The van der Waals surface area contributed by atoms with Crippen molar-refractivity contribution in [2.75, 3.05) is 11.4 Å². The highest BCUT2D eigenvalue weighted by Crippen LogP contribution is 2.41. The summed E-state index contributed by atoms with van der Waals surface area (Å²) in [6, 6.07) is 5.71. The van der Waals surface area contributed by atoms with E-state index in [4.69, 9.17) is 0 Å². The summed E-state index contributed by atoms with van der Waals surface area (Å²) in [6.07, 6.45) is 5.58. The van der Waals surface area contributed by atoms with Gasteiger partial charge in [-0.3, -0.25) is 0 Å². The largest absolute Gasteiger partial charge is 0.389 e. The Morgan fingerprint density at radius 3 is 2.84 bits per heavy atom. The van der Waals surface area contributed by atoms with E-state index in [9.17, 15) is 9.50 Å². The summed E-state index contributed by atoms with van der Waals surface area (Å²) in [5.41, 5.74) is 1.37. The van der Waals surface area contributed by atoms with Gasteiger partial charge < -0.3 is 10.0 Å². The van der Waals surface area contributed by atoms with Crippen LogP contribution in [0.2, 0.25) is 0 Å². The molecule has 2 nitrogen and oxygen atoms in total.